The molecule has 0 spiro atoms. The van der Waals surface area contributed by atoms with E-state index in [1.165, 1.54) is 12.1 Å². The molecule has 0 saturated carbocycles. The Labute approximate surface area is 196 Å². The van der Waals surface area contributed by atoms with E-state index in [-0.39, 0.29) is 22.4 Å². The number of nitro benzene ring substituents is 1. The predicted molar refractivity (Wildman–Crippen MR) is 126 cm³/mol. The summed E-state index contributed by atoms with van der Waals surface area (Å²) in [5, 5.41) is 10.4. The van der Waals surface area contributed by atoms with E-state index < -0.39 is 10.8 Å². The van der Waals surface area contributed by atoms with Gasteiger partial charge in [0.25, 0.3) is 16.8 Å². The fraction of sp³-hybridized carbons (Fsp3) is 0.0435. The van der Waals surface area contributed by atoms with Gasteiger partial charge in [-0.3, -0.25) is 19.7 Å². The van der Waals surface area contributed by atoms with Crippen LogP contribution in [0.15, 0.2) is 82.2 Å². The number of ether oxygens (including phenoxy) is 1. The van der Waals surface area contributed by atoms with Crippen molar-refractivity contribution in [3.8, 4) is 5.75 Å². The molecule has 0 N–H and O–H groups in total. The summed E-state index contributed by atoms with van der Waals surface area (Å²) in [7, 11) is 0. The second-order valence-electron chi connectivity index (χ2n) is 6.75. The molecule has 0 radical (unpaired) electrons. The highest BCUT2D eigenvalue weighted by Crippen LogP contribution is 2.37. The lowest BCUT2D eigenvalue weighted by Crippen LogP contribution is -2.27. The number of amides is 2. The molecule has 160 valence electrons. The topological polar surface area (TPSA) is 89.7 Å². The van der Waals surface area contributed by atoms with Crippen molar-refractivity contribution >= 4 is 56.3 Å². The lowest BCUT2D eigenvalue weighted by Gasteiger charge is -2.12. The molecule has 3 aromatic rings. The van der Waals surface area contributed by atoms with Gasteiger partial charge in [-0.25, -0.2) is 4.90 Å². The van der Waals surface area contributed by atoms with E-state index in [0.717, 1.165) is 26.7 Å². The Morgan fingerprint density at radius 1 is 1.03 bits per heavy atom. The van der Waals surface area contributed by atoms with Crippen LogP contribution in [0.1, 0.15) is 11.1 Å². The van der Waals surface area contributed by atoms with Gasteiger partial charge in [0.2, 0.25) is 0 Å². The van der Waals surface area contributed by atoms with E-state index in [2.05, 4.69) is 15.9 Å². The number of para-hydroxylation sites is 1. The molecule has 7 nitrogen and oxygen atoms in total. The van der Waals surface area contributed by atoms with E-state index in [9.17, 15) is 19.7 Å². The number of carbonyl (C=O) groups excluding carboxylic acids is 2. The predicted octanol–water partition coefficient (Wildman–Crippen LogP) is 6.18. The van der Waals surface area contributed by atoms with Gasteiger partial charge in [-0.05, 0) is 65.9 Å². The highest BCUT2D eigenvalue weighted by Gasteiger charge is 2.36. The third kappa shape index (κ3) is 4.74. The van der Waals surface area contributed by atoms with Crippen molar-refractivity contribution in [1.29, 1.82) is 0 Å². The molecular weight excluding hydrogens is 496 g/mol. The molecule has 4 rings (SSSR count). The Morgan fingerprint density at radius 3 is 2.44 bits per heavy atom. The lowest BCUT2D eigenvalue weighted by atomic mass is 10.1. The lowest BCUT2D eigenvalue weighted by molar-refractivity contribution is -0.384. The van der Waals surface area contributed by atoms with Crippen LogP contribution in [-0.2, 0) is 11.4 Å². The van der Waals surface area contributed by atoms with E-state index in [1.54, 1.807) is 60.7 Å². The largest absolute Gasteiger partial charge is 0.488 e. The zero-order valence-electron chi connectivity index (χ0n) is 16.4. The summed E-state index contributed by atoms with van der Waals surface area (Å²) in [6.07, 6.45) is 1.63. The van der Waals surface area contributed by atoms with Crippen LogP contribution in [0.25, 0.3) is 6.08 Å². The summed E-state index contributed by atoms with van der Waals surface area (Å²) in [6, 6.07) is 20.2. The summed E-state index contributed by atoms with van der Waals surface area (Å²) < 4.78 is 6.69. The number of halogens is 1. The Kier molecular flexibility index (Phi) is 6.38. The van der Waals surface area contributed by atoms with Gasteiger partial charge in [0.05, 0.1) is 15.5 Å². The summed E-state index contributed by atoms with van der Waals surface area (Å²) in [4.78, 5) is 37.1. The first-order valence-corrected chi connectivity index (χ1v) is 11.0. The second-order valence-corrected chi connectivity index (χ2v) is 8.66. The Balaban J connectivity index is 1.57. The van der Waals surface area contributed by atoms with Crippen molar-refractivity contribution in [2.45, 2.75) is 6.61 Å². The van der Waals surface area contributed by atoms with E-state index in [1.807, 2.05) is 6.07 Å². The third-order valence-electron chi connectivity index (χ3n) is 4.61. The Hall–Kier alpha value is -3.43. The number of imide groups is 1. The number of nitro groups is 1. The van der Waals surface area contributed by atoms with Gasteiger partial charge in [-0.2, -0.15) is 0 Å². The third-order valence-corrected chi connectivity index (χ3v) is 5.97. The van der Waals surface area contributed by atoms with Crippen molar-refractivity contribution in [3.05, 3.63) is 103 Å². The summed E-state index contributed by atoms with van der Waals surface area (Å²) >= 11 is 4.29. The first kappa shape index (κ1) is 21.8. The van der Waals surface area contributed by atoms with Gasteiger partial charge in [-0.1, -0.05) is 34.1 Å². The van der Waals surface area contributed by atoms with Gasteiger partial charge in [0.15, 0.2) is 0 Å². The summed E-state index contributed by atoms with van der Waals surface area (Å²) in [6.45, 7) is 0.186. The van der Waals surface area contributed by atoms with Gasteiger partial charge >= 0.3 is 0 Å². The van der Waals surface area contributed by atoms with Crippen LogP contribution in [-0.4, -0.2) is 16.1 Å². The SMILES string of the molecule is O=C1S/C(=C\c2cc(Br)ccc2OCc2ccc([N+](=O)[O-])cc2)C(=O)N1c1ccccc1. The van der Waals surface area contributed by atoms with Crippen LogP contribution in [0.4, 0.5) is 16.2 Å². The van der Waals surface area contributed by atoms with E-state index >= 15 is 0 Å². The first-order valence-electron chi connectivity index (χ1n) is 9.41. The minimum absolute atomic E-state index is 0.00669. The number of rotatable bonds is 6. The number of carbonyl (C=O) groups is 2. The van der Waals surface area contributed by atoms with Crippen LogP contribution < -0.4 is 9.64 Å². The van der Waals surface area contributed by atoms with E-state index in [0.29, 0.717) is 17.0 Å². The zero-order valence-corrected chi connectivity index (χ0v) is 18.8. The van der Waals surface area contributed by atoms with Gasteiger partial charge in [-0.15, -0.1) is 0 Å². The minimum atomic E-state index is -0.458. The first-order chi connectivity index (χ1) is 15.4. The molecule has 1 aliphatic heterocycles. The average Bonchev–Trinajstić information content (AvgIpc) is 3.06. The molecule has 0 unspecified atom stereocenters. The smallest absolute Gasteiger partial charge is 0.298 e. The fourth-order valence-electron chi connectivity index (χ4n) is 3.05. The van der Waals surface area contributed by atoms with Crippen LogP contribution in [0.2, 0.25) is 0 Å². The second kappa shape index (κ2) is 9.37. The van der Waals surface area contributed by atoms with Crippen molar-refractivity contribution in [3.63, 3.8) is 0 Å². The van der Waals surface area contributed by atoms with Gasteiger partial charge < -0.3 is 4.74 Å². The van der Waals surface area contributed by atoms with Crippen molar-refractivity contribution in [2.24, 2.45) is 0 Å². The maximum absolute atomic E-state index is 12.9. The van der Waals surface area contributed by atoms with Crippen molar-refractivity contribution in [1.82, 2.24) is 0 Å². The number of anilines is 1. The van der Waals surface area contributed by atoms with Crippen LogP contribution in [0.5, 0.6) is 5.75 Å². The highest BCUT2D eigenvalue weighted by molar-refractivity contribution is 9.10. The standard InChI is InChI=1S/C23H15BrN2O5S/c24-17-8-11-20(31-14-15-6-9-19(10-7-15)26(29)30)16(12-17)13-21-22(27)25(23(28)32-21)18-4-2-1-3-5-18/h1-13H,14H2/b21-13-. The number of hydrogen-bond acceptors (Lipinski definition) is 6. The quantitative estimate of drug-likeness (QED) is 0.223. The summed E-state index contributed by atoms with van der Waals surface area (Å²) in [5.74, 6) is 0.116. The summed E-state index contributed by atoms with van der Waals surface area (Å²) in [5.41, 5.74) is 1.91. The molecule has 0 aromatic heterocycles. The van der Waals surface area contributed by atoms with Crippen molar-refractivity contribution < 1.29 is 19.2 Å². The Morgan fingerprint density at radius 2 is 1.75 bits per heavy atom. The minimum Gasteiger partial charge on any atom is -0.488 e. The molecular formula is C23H15BrN2O5S. The average molecular weight is 511 g/mol. The number of hydrogen-bond donors (Lipinski definition) is 0. The number of benzene rings is 3. The molecule has 1 heterocycles. The molecule has 1 aliphatic rings. The van der Waals surface area contributed by atoms with Gasteiger partial charge in [0, 0.05) is 22.2 Å². The molecule has 9 heteroatoms. The van der Waals surface area contributed by atoms with Crippen LogP contribution in [0, 0.1) is 10.1 Å². The molecule has 32 heavy (non-hydrogen) atoms. The zero-order chi connectivity index (χ0) is 22.7. The molecule has 0 atom stereocenters. The maximum Gasteiger partial charge on any atom is 0.298 e. The fourth-order valence-corrected chi connectivity index (χ4v) is 4.26. The monoisotopic (exact) mass is 510 g/mol. The number of non-ortho nitro benzene ring substituents is 1. The van der Waals surface area contributed by atoms with Crippen LogP contribution in [0.3, 0.4) is 0 Å². The molecule has 0 bridgehead atoms. The maximum atomic E-state index is 12.9. The molecule has 1 fully saturated rings. The van der Waals surface area contributed by atoms with Gasteiger partial charge in [0.1, 0.15) is 12.4 Å². The Bertz CT molecular complexity index is 1230. The molecule has 3 aromatic carbocycles. The number of nitrogens with zero attached hydrogens (tertiary/aromatic N) is 2. The highest BCUT2D eigenvalue weighted by atomic mass is 79.9. The number of thioether (sulfide) groups is 1. The molecule has 2 amide bonds. The van der Waals surface area contributed by atoms with Crippen LogP contribution >= 0.6 is 27.7 Å². The van der Waals surface area contributed by atoms with Crippen molar-refractivity contribution in [2.75, 3.05) is 4.90 Å². The molecule has 1 saturated heterocycles. The van der Waals surface area contributed by atoms with E-state index in [4.69, 9.17) is 4.74 Å². The molecule has 0 aliphatic carbocycles. The normalized spacial score (nSPS) is 14.8.